The number of carbonyl (C=O) groups is 2. The van der Waals surface area contributed by atoms with E-state index in [0.29, 0.717) is 48.1 Å². The summed E-state index contributed by atoms with van der Waals surface area (Å²) in [5.41, 5.74) is 3.30. The summed E-state index contributed by atoms with van der Waals surface area (Å²) in [6.07, 6.45) is 7.83. The lowest BCUT2D eigenvalue weighted by Gasteiger charge is -2.43. The number of anilines is 1. The van der Waals surface area contributed by atoms with Crippen molar-refractivity contribution in [3.05, 3.63) is 99.3 Å². The number of nitrogens with zero attached hydrogens (tertiary/aromatic N) is 2. The number of alkyl halides is 1. The summed E-state index contributed by atoms with van der Waals surface area (Å²) in [5.74, 6) is 0.0881. The molecule has 1 aliphatic heterocycles. The minimum Gasteiger partial charge on any atom is -0.360 e. The molecule has 2 atom stereocenters. The van der Waals surface area contributed by atoms with Gasteiger partial charge in [-0.3, -0.25) is 14.5 Å². The third kappa shape index (κ3) is 11.5. The second-order valence-corrected chi connectivity index (χ2v) is 17.9. The van der Waals surface area contributed by atoms with Gasteiger partial charge in [0.15, 0.2) is 0 Å². The Bertz CT molecular complexity index is 1420. The number of aryl methyl sites for hydroxylation is 2. The standard InChI is InChI=1S/C28H37Cl2FN2O3S.C7H7Cl/c1-20-9-10-22(31)18-25(20)27-24(11-12-26(34)32(27)14-6-13-29)28(35)33(19-36-15-16-37(2,3)4)23-8-5-7-21(30)17-23;1-6-3-2-4-7(8)5-6/h5,7-10,17-18,24,27H,6,11-16,19H2,1-4H3;2-5H,1H3/t24?,27-;/m0./s1. The SMILES string of the molecule is Cc1ccc(F)cc1[C@@H]1C(C(=O)N(COCCS(C)(C)C)c2cccc(Cl)c2)CCC(=O)N1CCCCl.Cc1cccc(Cl)c1. The third-order valence-electron chi connectivity index (χ3n) is 7.54. The average Bonchev–Trinajstić information content (AvgIpc) is 2.97. The van der Waals surface area contributed by atoms with Gasteiger partial charge in [0, 0.05) is 40.3 Å². The summed E-state index contributed by atoms with van der Waals surface area (Å²) >= 11 is 17.9. The number of likely N-dealkylation sites (tertiary alicyclic amines) is 1. The first kappa shape index (κ1) is 37.2. The van der Waals surface area contributed by atoms with Crippen LogP contribution in [0, 0.1) is 25.6 Å². The highest BCUT2D eigenvalue weighted by molar-refractivity contribution is 8.32. The summed E-state index contributed by atoms with van der Waals surface area (Å²) < 4.78 is 20.4. The Morgan fingerprint density at radius 3 is 2.31 bits per heavy atom. The molecule has 0 spiro atoms. The lowest BCUT2D eigenvalue weighted by atomic mass is 9.81. The van der Waals surface area contributed by atoms with Crippen LogP contribution in [0.3, 0.4) is 0 Å². The molecule has 0 bridgehead atoms. The van der Waals surface area contributed by atoms with E-state index < -0.39 is 27.8 Å². The molecule has 3 aromatic carbocycles. The van der Waals surface area contributed by atoms with E-state index in [0.717, 1.165) is 16.3 Å². The van der Waals surface area contributed by atoms with Crippen LogP contribution in [0.1, 0.15) is 42.0 Å². The van der Waals surface area contributed by atoms with E-state index in [4.69, 9.17) is 39.5 Å². The van der Waals surface area contributed by atoms with Crippen LogP contribution in [0.2, 0.25) is 10.0 Å². The lowest BCUT2D eigenvalue weighted by molar-refractivity contribution is -0.143. The van der Waals surface area contributed by atoms with E-state index in [-0.39, 0.29) is 25.0 Å². The molecule has 0 saturated carbocycles. The fourth-order valence-corrected chi connectivity index (χ4v) is 6.37. The molecule has 0 radical (unpaired) electrons. The molecule has 1 fully saturated rings. The summed E-state index contributed by atoms with van der Waals surface area (Å²) in [5, 5.41) is 1.32. The molecule has 1 unspecified atom stereocenters. The van der Waals surface area contributed by atoms with Crippen LogP contribution < -0.4 is 4.90 Å². The number of hydrogen-bond donors (Lipinski definition) is 0. The van der Waals surface area contributed by atoms with Gasteiger partial charge in [0.05, 0.1) is 18.6 Å². The van der Waals surface area contributed by atoms with Crippen molar-refractivity contribution in [1.29, 1.82) is 0 Å². The molecule has 10 heteroatoms. The Balaban J connectivity index is 0.000000598. The number of ether oxygens (including phenoxy) is 1. The van der Waals surface area contributed by atoms with Gasteiger partial charge in [0.25, 0.3) is 0 Å². The zero-order valence-electron chi connectivity index (χ0n) is 26.7. The minimum absolute atomic E-state index is 0.0541. The fourth-order valence-electron chi connectivity index (χ4n) is 5.20. The van der Waals surface area contributed by atoms with Gasteiger partial charge in [-0.25, -0.2) is 14.4 Å². The number of piperidine rings is 1. The van der Waals surface area contributed by atoms with Crippen LogP contribution in [0.15, 0.2) is 66.7 Å². The molecule has 1 heterocycles. The maximum Gasteiger partial charge on any atom is 0.234 e. The van der Waals surface area contributed by atoms with E-state index in [1.807, 2.05) is 44.2 Å². The summed E-state index contributed by atoms with van der Waals surface area (Å²) in [6.45, 7) is 4.89. The Hall–Kier alpha value is -2.29. The molecular weight excluding hydrogens is 654 g/mol. The van der Waals surface area contributed by atoms with Gasteiger partial charge >= 0.3 is 0 Å². The van der Waals surface area contributed by atoms with Gasteiger partial charge in [-0.2, -0.15) is 0 Å². The number of carbonyl (C=O) groups excluding carboxylic acids is 2. The summed E-state index contributed by atoms with van der Waals surface area (Å²) in [7, 11) is -0.750. The van der Waals surface area contributed by atoms with E-state index in [9.17, 15) is 14.0 Å². The first-order chi connectivity index (χ1) is 21.3. The maximum atomic E-state index is 14.4. The van der Waals surface area contributed by atoms with E-state index in [2.05, 4.69) is 18.8 Å². The molecular formula is C35H44Cl3FN2O3S. The largest absolute Gasteiger partial charge is 0.360 e. The van der Waals surface area contributed by atoms with E-state index in [1.165, 1.54) is 17.7 Å². The van der Waals surface area contributed by atoms with Crippen LogP contribution in [-0.2, 0) is 14.3 Å². The average molecular weight is 698 g/mol. The molecule has 0 aromatic heterocycles. The molecule has 246 valence electrons. The third-order valence-corrected chi connectivity index (χ3v) is 9.67. The Morgan fingerprint density at radius 2 is 1.71 bits per heavy atom. The van der Waals surface area contributed by atoms with Crippen LogP contribution in [0.25, 0.3) is 0 Å². The second kappa shape index (κ2) is 17.6. The maximum absolute atomic E-state index is 14.4. The van der Waals surface area contributed by atoms with E-state index in [1.54, 1.807) is 34.1 Å². The molecule has 1 saturated heterocycles. The molecule has 3 aromatic rings. The van der Waals surface area contributed by atoms with Crippen LogP contribution >= 0.6 is 44.8 Å². The molecule has 4 rings (SSSR count). The zero-order chi connectivity index (χ0) is 33.1. The second-order valence-electron chi connectivity index (χ2n) is 12.1. The highest BCUT2D eigenvalue weighted by Crippen LogP contribution is 2.40. The topological polar surface area (TPSA) is 49.9 Å². The number of benzene rings is 3. The van der Waals surface area contributed by atoms with Gasteiger partial charge in [-0.15, -0.1) is 11.6 Å². The summed E-state index contributed by atoms with van der Waals surface area (Å²) in [6, 6.07) is 18.8. The quantitative estimate of drug-likeness (QED) is 0.114. The van der Waals surface area contributed by atoms with Crippen molar-refractivity contribution < 1.29 is 18.7 Å². The van der Waals surface area contributed by atoms with Crippen molar-refractivity contribution in [1.82, 2.24) is 4.90 Å². The molecule has 5 nitrogen and oxygen atoms in total. The van der Waals surface area contributed by atoms with Crippen LogP contribution in [0.5, 0.6) is 0 Å². The highest BCUT2D eigenvalue weighted by Gasteiger charge is 2.43. The van der Waals surface area contributed by atoms with Crippen molar-refractivity contribution in [3.63, 3.8) is 0 Å². The lowest BCUT2D eigenvalue weighted by Crippen LogP contribution is -2.50. The monoisotopic (exact) mass is 696 g/mol. The Morgan fingerprint density at radius 1 is 1.02 bits per heavy atom. The van der Waals surface area contributed by atoms with Crippen LogP contribution in [0.4, 0.5) is 10.1 Å². The molecule has 0 aliphatic carbocycles. The first-order valence-electron chi connectivity index (χ1n) is 14.9. The summed E-state index contributed by atoms with van der Waals surface area (Å²) in [4.78, 5) is 30.6. The Labute approximate surface area is 284 Å². The van der Waals surface area contributed by atoms with Crippen molar-refractivity contribution in [2.24, 2.45) is 5.92 Å². The van der Waals surface area contributed by atoms with Crippen molar-refractivity contribution >= 4 is 62.3 Å². The van der Waals surface area contributed by atoms with Crippen molar-refractivity contribution in [2.75, 3.05) is 55.2 Å². The van der Waals surface area contributed by atoms with Gasteiger partial charge in [0.2, 0.25) is 11.8 Å². The van der Waals surface area contributed by atoms with Crippen molar-refractivity contribution in [2.45, 2.75) is 39.2 Å². The van der Waals surface area contributed by atoms with Gasteiger partial charge in [0.1, 0.15) is 12.5 Å². The van der Waals surface area contributed by atoms with Gasteiger partial charge in [-0.05, 0) is 105 Å². The van der Waals surface area contributed by atoms with Crippen molar-refractivity contribution in [3.8, 4) is 0 Å². The Kier molecular flexibility index (Phi) is 14.5. The highest BCUT2D eigenvalue weighted by atomic mass is 35.5. The molecule has 2 amide bonds. The molecule has 1 aliphatic rings. The predicted octanol–water partition coefficient (Wildman–Crippen LogP) is 9.05. The number of rotatable bonds is 11. The fraction of sp³-hybridized carbons (Fsp3) is 0.429. The number of amides is 2. The van der Waals surface area contributed by atoms with E-state index >= 15 is 0 Å². The van der Waals surface area contributed by atoms with Gasteiger partial charge < -0.3 is 9.64 Å². The van der Waals surface area contributed by atoms with Gasteiger partial charge in [-0.1, -0.05) is 47.5 Å². The smallest absolute Gasteiger partial charge is 0.234 e. The molecule has 45 heavy (non-hydrogen) atoms. The zero-order valence-corrected chi connectivity index (χ0v) is 29.8. The normalized spacial score (nSPS) is 17.0. The first-order valence-corrected chi connectivity index (χ1v) is 19.3. The number of halogens is 4. The predicted molar refractivity (Wildman–Crippen MR) is 190 cm³/mol. The molecule has 0 N–H and O–H groups in total. The minimum atomic E-state index is -0.750. The number of hydrogen-bond acceptors (Lipinski definition) is 3. The van der Waals surface area contributed by atoms with Crippen LogP contribution in [-0.4, -0.2) is 67.0 Å².